The van der Waals surface area contributed by atoms with Crippen molar-refractivity contribution in [2.75, 3.05) is 13.7 Å². The highest BCUT2D eigenvalue weighted by Gasteiger charge is 2.38. The van der Waals surface area contributed by atoms with Gasteiger partial charge in [0.2, 0.25) is 0 Å². The largest absolute Gasteiger partial charge is 0.480 e. The molecule has 4 rings (SSSR count). The lowest BCUT2D eigenvalue weighted by molar-refractivity contribution is -0.144. The third kappa shape index (κ3) is 4.09. The molecule has 31 heavy (non-hydrogen) atoms. The molecule has 1 amide bonds. The maximum absolute atomic E-state index is 12.9. The van der Waals surface area contributed by atoms with Gasteiger partial charge in [0.15, 0.2) is 0 Å². The molecule has 0 heterocycles. The molecule has 2 aliphatic rings. The summed E-state index contributed by atoms with van der Waals surface area (Å²) in [4.78, 5) is 26.2. The summed E-state index contributed by atoms with van der Waals surface area (Å²) < 4.78 is 5.69. The summed E-state index contributed by atoms with van der Waals surface area (Å²) in [7, 11) is 1.54. The molecule has 0 aliphatic heterocycles. The van der Waals surface area contributed by atoms with Crippen LogP contribution in [-0.2, 0) is 9.53 Å². The van der Waals surface area contributed by atoms with Gasteiger partial charge in [0.05, 0.1) is 0 Å². The van der Waals surface area contributed by atoms with E-state index >= 15 is 0 Å². The van der Waals surface area contributed by atoms with Gasteiger partial charge in [-0.2, -0.15) is 0 Å². The fourth-order valence-electron chi connectivity index (χ4n) is 5.33. The van der Waals surface area contributed by atoms with E-state index < -0.39 is 18.1 Å². The number of benzene rings is 2. The number of carbonyl (C=O) groups excluding carboxylic acids is 1. The van der Waals surface area contributed by atoms with Crippen LogP contribution in [0.1, 0.15) is 43.7 Å². The van der Waals surface area contributed by atoms with E-state index in [-0.39, 0.29) is 18.4 Å². The third-order valence-electron chi connectivity index (χ3n) is 6.57. The Morgan fingerprint density at radius 1 is 1.10 bits per heavy atom. The molecule has 0 radical (unpaired) electrons. The molecular weight excluding hydrogens is 390 g/mol. The van der Waals surface area contributed by atoms with Gasteiger partial charge in [-0.25, -0.2) is 9.59 Å². The Morgan fingerprint density at radius 2 is 1.68 bits per heavy atom. The van der Waals surface area contributed by atoms with Crippen LogP contribution in [0, 0.1) is 11.8 Å². The first-order valence-electron chi connectivity index (χ1n) is 10.8. The van der Waals surface area contributed by atoms with Gasteiger partial charge in [-0.1, -0.05) is 67.1 Å². The normalized spacial score (nSPS) is 20.9. The van der Waals surface area contributed by atoms with Crippen LogP contribution in [0.4, 0.5) is 4.79 Å². The molecule has 5 nitrogen and oxygen atoms in total. The standard InChI is InChI=1S/C26H29NO4/c1-16-12-17(2)14-18(13-16)24(25(28)29)27(3)26(30)31-15-23-21-10-6-4-8-19(21)20-9-5-7-11-22(20)23/h4-12,16,18,23-24H,13-15H2,1-3H3,(H,28,29). The predicted molar refractivity (Wildman–Crippen MR) is 120 cm³/mol. The molecule has 0 fully saturated rings. The monoisotopic (exact) mass is 419 g/mol. The number of hydrogen-bond acceptors (Lipinski definition) is 3. The molecule has 3 atom stereocenters. The summed E-state index contributed by atoms with van der Waals surface area (Å²) in [5, 5.41) is 9.89. The van der Waals surface area contributed by atoms with Crippen molar-refractivity contribution in [1.29, 1.82) is 0 Å². The number of carbonyl (C=O) groups is 2. The van der Waals surface area contributed by atoms with Crippen LogP contribution in [-0.4, -0.2) is 41.8 Å². The van der Waals surface area contributed by atoms with Crippen molar-refractivity contribution in [2.45, 2.75) is 38.6 Å². The van der Waals surface area contributed by atoms with Gasteiger partial charge in [0, 0.05) is 13.0 Å². The lowest BCUT2D eigenvalue weighted by Gasteiger charge is -2.35. The summed E-state index contributed by atoms with van der Waals surface area (Å²) in [6.45, 7) is 4.29. The van der Waals surface area contributed by atoms with Gasteiger partial charge in [0.25, 0.3) is 0 Å². The topological polar surface area (TPSA) is 66.8 Å². The Hall–Kier alpha value is -3.08. The Morgan fingerprint density at radius 3 is 2.23 bits per heavy atom. The average Bonchev–Trinajstić information content (AvgIpc) is 3.05. The highest BCUT2D eigenvalue weighted by atomic mass is 16.6. The molecule has 162 valence electrons. The maximum Gasteiger partial charge on any atom is 0.410 e. The highest BCUT2D eigenvalue weighted by molar-refractivity contribution is 5.81. The van der Waals surface area contributed by atoms with Crippen LogP contribution in [0.5, 0.6) is 0 Å². The minimum Gasteiger partial charge on any atom is -0.480 e. The fraction of sp³-hybridized carbons (Fsp3) is 0.385. The van der Waals surface area contributed by atoms with Crippen molar-refractivity contribution in [3.8, 4) is 11.1 Å². The Balaban J connectivity index is 1.49. The zero-order valence-corrected chi connectivity index (χ0v) is 18.2. The first-order valence-corrected chi connectivity index (χ1v) is 10.8. The van der Waals surface area contributed by atoms with E-state index in [1.165, 1.54) is 17.5 Å². The van der Waals surface area contributed by atoms with E-state index in [2.05, 4.69) is 37.3 Å². The smallest absolute Gasteiger partial charge is 0.410 e. The average molecular weight is 420 g/mol. The zero-order chi connectivity index (χ0) is 22.1. The highest BCUT2D eigenvalue weighted by Crippen LogP contribution is 2.44. The number of carboxylic acid groups (broad SMARTS) is 1. The molecule has 0 bridgehead atoms. The number of carboxylic acids is 1. The summed E-state index contributed by atoms with van der Waals surface area (Å²) in [5.41, 5.74) is 5.77. The van der Waals surface area contributed by atoms with Gasteiger partial charge >= 0.3 is 12.1 Å². The van der Waals surface area contributed by atoms with Crippen molar-refractivity contribution in [3.05, 3.63) is 71.3 Å². The SMILES string of the molecule is CC1=CC(C)CC(C(C(=O)O)N(C)C(=O)OCC2c3ccccc3-c3ccccc32)C1. The van der Waals surface area contributed by atoms with Gasteiger partial charge in [-0.05, 0) is 53.9 Å². The molecule has 2 aromatic carbocycles. The number of fused-ring (bicyclic) bond motifs is 3. The number of allylic oxidation sites excluding steroid dienone is 2. The summed E-state index contributed by atoms with van der Waals surface area (Å²) >= 11 is 0. The third-order valence-corrected chi connectivity index (χ3v) is 6.57. The summed E-state index contributed by atoms with van der Waals surface area (Å²) in [6.07, 6.45) is 3.02. The van der Waals surface area contributed by atoms with E-state index in [0.29, 0.717) is 12.3 Å². The second kappa shape index (κ2) is 8.58. The van der Waals surface area contributed by atoms with Gasteiger partial charge in [0.1, 0.15) is 12.6 Å². The first kappa shape index (κ1) is 21.2. The Kier molecular flexibility index (Phi) is 5.86. The molecule has 0 spiro atoms. The minimum atomic E-state index is -0.983. The molecule has 0 aromatic heterocycles. The van der Waals surface area contributed by atoms with E-state index in [1.807, 2.05) is 31.2 Å². The number of hydrogen-bond donors (Lipinski definition) is 1. The lowest BCUT2D eigenvalue weighted by Crippen LogP contribution is -2.48. The maximum atomic E-state index is 12.9. The zero-order valence-electron chi connectivity index (χ0n) is 18.2. The van der Waals surface area contributed by atoms with Crippen molar-refractivity contribution in [1.82, 2.24) is 4.90 Å². The van der Waals surface area contributed by atoms with Crippen LogP contribution >= 0.6 is 0 Å². The number of rotatable bonds is 5. The summed E-state index contributed by atoms with van der Waals surface area (Å²) in [6, 6.07) is 15.4. The van der Waals surface area contributed by atoms with Crippen molar-refractivity contribution < 1.29 is 19.4 Å². The predicted octanol–water partition coefficient (Wildman–Crippen LogP) is 5.31. The quantitative estimate of drug-likeness (QED) is 0.667. The number of ether oxygens (including phenoxy) is 1. The molecular formula is C26H29NO4. The van der Waals surface area contributed by atoms with E-state index in [9.17, 15) is 14.7 Å². The Bertz CT molecular complexity index is 982. The van der Waals surface area contributed by atoms with Crippen molar-refractivity contribution in [3.63, 3.8) is 0 Å². The minimum absolute atomic E-state index is 0.0482. The molecule has 5 heteroatoms. The number of amides is 1. The second-order valence-electron chi connectivity index (χ2n) is 8.89. The second-order valence-corrected chi connectivity index (χ2v) is 8.89. The van der Waals surface area contributed by atoms with Crippen molar-refractivity contribution >= 4 is 12.1 Å². The molecule has 0 saturated heterocycles. The molecule has 1 N–H and O–H groups in total. The molecule has 3 unspecified atom stereocenters. The van der Waals surface area contributed by atoms with Crippen molar-refractivity contribution in [2.24, 2.45) is 11.8 Å². The van der Waals surface area contributed by atoms with E-state index in [4.69, 9.17) is 4.74 Å². The number of likely N-dealkylation sites (N-methyl/N-ethyl adjacent to an activating group) is 1. The fourth-order valence-corrected chi connectivity index (χ4v) is 5.33. The van der Waals surface area contributed by atoms with E-state index in [1.54, 1.807) is 0 Å². The lowest BCUT2D eigenvalue weighted by atomic mass is 9.79. The molecule has 0 saturated carbocycles. The number of nitrogens with zero attached hydrogens (tertiary/aromatic N) is 1. The molecule has 2 aliphatic carbocycles. The van der Waals surface area contributed by atoms with Gasteiger partial charge in [-0.15, -0.1) is 0 Å². The van der Waals surface area contributed by atoms with Gasteiger partial charge < -0.3 is 9.84 Å². The van der Waals surface area contributed by atoms with Gasteiger partial charge in [-0.3, -0.25) is 4.90 Å². The number of aliphatic carboxylic acids is 1. The van der Waals surface area contributed by atoms with Crippen LogP contribution in [0.2, 0.25) is 0 Å². The molecule has 2 aromatic rings. The van der Waals surface area contributed by atoms with Crippen LogP contribution < -0.4 is 0 Å². The van der Waals surface area contributed by atoms with Crippen LogP contribution in [0.3, 0.4) is 0 Å². The van der Waals surface area contributed by atoms with Crippen LogP contribution in [0.25, 0.3) is 11.1 Å². The summed E-state index contributed by atoms with van der Waals surface area (Å²) in [5.74, 6) is -0.852. The first-order chi connectivity index (χ1) is 14.9. The van der Waals surface area contributed by atoms with Crippen LogP contribution in [0.15, 0.2) is 60.2 Å². The Labute approximate surface area is 183 Å². The van der Waals surface area contributed by atoms with E-state index in [0.717, 1.165) is 28.7 Å².